The van der Waals surface area contributed by atoms with E-state index in [0.29, 0.717) is 17.7 Å². The second-order valence-electron chi connectivity index (χ2n) is 6.84. The van der Waals surface area contributed by atoms with Crippen LogP contribution in [0.3, 0.4) is 0 Å². The van der Waals surface area contributed by atoms with E-state index in [4.69, 9.17) is 4.74 Å². The number of amides is 1. The molecule has 24 heavy (non-hydrogen) atoms. The molecule has 0 fully saturated rings. The fraction of sp³-hybridized carbons (Fsp3) is 0.650. The van der Waals surface area contributed by atoms with Crippen molar-refractivity contribution in [2.24, 2.45) is 5.92 Å². The van der Waals surface area contributed by atoms with Gasteiger partial charge in [0.2, 0.25) is 0 Å². The number of aliphatic hydroxyl groups excluding tert-OH is 1. The average Bonchev–Trinajstić information content (AvgIpc) is 2.55. The molecule has 136 valence electrons. The van der Waals surface area contributed by atoms with Crippen molar-refractivity contribution in [2.75, 3.05) is 7.11 Å². The van der Waals surface area contributed by atoms with Crippen LogP contribution < -0.4 is 10.1 Å². The summed E-state index contributed by atoms with van der Waals surface area (Å²) in [6, 6.07) is 2.12. The molecule has 0 radical (unpaired) electrons. The Balaban J connectivity index is 3.37. The summed E-state index contributed by atoms with van der Waals surface area (Å²) in [5.41, 5.74) is 3.40. The average molecular weight is 335 g/mol. The highest BCUT2D eigenvalue weighted by molar-refractivity contribution is 5.99. The molecule has 4 nitrogen and oxygen atoms in total. The lowest BCUT2D eigenvalue weighted by molar-refractivity contribution is 0.0930. The number of benzene rings is 1. The summed E-state index contributed by atoms with van der Waals surface area (Å²) in [5.74, 6) is 0.661. The number of ether oxygens (including phenoxy) is 1. The summed E-state index contributed by atoms with van der Waals surface area (Å²) in [5, 5.41) is 13.5. The highest BCUT2D eigenvalue weighted by Gasteiger charge is 2.25. The van der Waals surface area contributed by atoms with Crippen LogP contribution in [0.5, 0.6) is 5.75 Å². The minimum atomic E-state index is -0.476. The monoisotopic (exact) mass is 335 g/mol. The van der Waals surface area contributed by atoms with Gasteiger partial charge < -0.3 is 15.2 Å². The predicted octanol–water partition coefficient (Wildman–Crippen LogP) is 3.79. The van der Waals surface area contributed by atoms with Crippen LogP contribution in [0.15, 0.2) is 6.07 Å². The van der Waals surface area contributed by atoms with Crippen LogP contribution in [0, 0.1) is 19.8 Å². The van der Waals surface area contributed by atoms with Gasteiger partial charge in [-0.1, -0.05) is 33.3 Å². The number of carbonyl (C=O) groups is 1. The second kappa shape index (κ2) is 9.07. The second-order valence-corrected chi connectivity index (χ2v) is 6.84. The zero-order chi connectivity index (χ0) is 18.4. The third-order valence-electron chi connectivity index (χ3n) is 4.93. The van der Waals surface area contributed by atoms with Gasteiger partial charge in [-0.2, -0.15) is 0 Å². The van der Waals surface area contributed by atoms with E-state index in [1.165, 1.54) is 0 Å². The molecule has 0 aliphatic heterocycles. The first kappa shape index (κ1) is 20.5. The van der Waals surface area contributed by atoms with Crippen molar-refractivity contribution in [1.82, 2.24) is 5.32 Å². The lowest BCUT2D eigenvalue weighted by Crippen LogP contribution is -2.34. The van der Waals surface area contributed by atoms with Gasteiger partial charge in [0.25, 0.3) is 5.91 Å². The zero-order valence-corrected chi connectivity index (χ0v) is 16.2. The number of carbonyl (C=O) groups excluding carboxylic acids is 1. The van der Waals surface area contributed by atoms with Crippen molar-refractivity contribution in [1.29, 1.82) is 0 Å². The Kier molecular flexibility index (Phi) is 7.74. The van der Waals surface area contributed by atoms with Crippen LogP contribution in [-0.2, 0) is 6.42 Å². The Morgan fingerprint density at radius 2 is 1.83 bits per heavy atom. The van der Waals surface area contributed by atoms with Crippen LogP contribution in [0.4, 0.5) is 0 Å². The maximum Gasteiger partial charge on any atom is 0.255 e. The maximum atomic E-state index is 12.9. The van der Waals surface area contributed by atoms with Crippen molar-refractivity contribution in [3.63, 3.8) is 0 Å². The normalized spacial score (nSPS) is 14.8. The molecule has 3 unspecified atom stereocenters. The van der Waals surface area contributed by atoms with Gasteiger partial charge in [-0.3, -0.25) is 4.79 Å². The Morgan fingerprint density at radius 3 is 2.33 bits per heavy atom. The summed E-state index contributed by atoms with van der Waals surface area (Å²) < 4.78 is 5.53. The largest absolute Gasteiger partial charge is 0.496 e. The Bertz CT molecular complexity index is 568. The molecule has 0 spiro atoms. The highest BCUT2D eigenvalue weighted by atomic mass is 16.5. The quantitative estimate of drug-likeness (QED) is 0.760. The summed E-state index contributed by atoms with van der Waals surface area (Å²) in [6.45, 7) is 12.1. The van der Waals surface area contributed by atoms with E-state index in [2.05, 4.69) is 12.2 Å². The Morgan fingerprint density at radius 1 is 1.21 bits per heavy atom. The van der Waals surface area contributed by atoms with Crippen molar-refractivity contribution in [3.8, 4) is 5.75 Å². The molecule has 4 heteroatoms. The van der Waals surface area contributed by atoms with Gasteiger partial charge in [0.15, 0.2) is 0 Å². The van der Waals surface area contributed by atoms with Crippen LogP contribution in [0.2, 0.25) is 0 Å². The molecule has 0 aliphatic rings. The van der Waals surface area contributed by atoms with E-state index < -0.39 is 6.10 Å². The maximum absolute atomic E-state index is 12.9. The van der Waals surface area contributed by atoms with Gasteiger partial charge in [-0.15, -0.1) is 0 Å². The van der Waals surface area contributed by atoms with Crippen LogP contribution in [0.25, 0.3) is 0 Å². The van der Waals surface area contributed by atoms with Crippen molar-refractivity contribution in [2.45, 2.75) is 73.0 Å². The number of methoxy groups -OCH3 is 1. The summed E-state index contributed by atoms with van der Waals surface area (Å²) in [6.07, 6.45) is 1.75. The molecule has 2 N–H and O–H groups in total. The molecule has 0 saturated heterocycles. The van der Waals surface area contributed by atoms with Gasteiger partial charge in [-0.05, 0) is 56.2 Å². The number of aliphatic hydroxyl groups is 1. The number of aryl methyl sites for hydroxylation is 2. The standard InChI is InChI=1S/C20H33NO3/c1-8-12(3)17(22)11-16-13(4)10-14(5)19(24-7)18(16)20(23)21-15(6)9-2/h10,12,15,17,22H,8-9,11H2,1-7H3,(H,21,23). The first-order chi connectivity index (χ1) is 11.3. The first-order valence-electron chi connectivity index (χ1n) is 8.92. The summed E-state index contributed by atoms with van der Waals surface area (Å²) >= 11 is 0. The minimum Gasteiger partial charge on any atom is -0.496 e. The molecule has 0 aromatic heterocycles. The van der Waals surface area contributed by atoms with E-state index in [0.717, 1.165) is 29.5 Å². The minimum absolute atomic E-state index is 0.0929. The van der Waals surface area contributed by atoms with E-state index in [1.54, 1.807) is 7.11 Å². The van der Waals surface area contributed by atoms with Crippen LogP contribution in [-0.4, -0.2) is 30.3 Å². The van der Waals surface area contributed by atoms with E-state index in [1.807, 2.05) is 40.7 Å². The topological polar surface area (TPSA) is 58.6 Å². The molecular weight excluding hydrogens is 302 g/mol. The SMILES string of the molecule is CCC(C)NC(=O)c1c(CC(O)C(C)CC)c(C)cc(C)c1OC. The molecule has 1 rings (SSSR count). The van der Waals surface area contributed by atoms with Gasteiger partial charge in [0, 0.05) is 6.04 Å². The number of rotatable bonds is 8. The highest BCUT2D eigenvalue weighted by Crippen LogP contribution is 2.31. The van der Waals surface area contributed by atoms with Crippen molar-refractivity contribution in [3.05, 3.63) is 28.3 Å². The fourth-order valence-electron chi connectivity index (χ4n) is 2.86. The number of nitrogens with one attached hydrogen (secondary N) is 1. The molecule has 0 saturated carbocycles. The number of hydrogen-bond acceptors (Lipinski definition) is 3. The smallest absolute Gasteiger partial charge is 0.255 e. The number of hydrogen-bond donors (Lipinski definition) is 2. The summed E-state index contributed by atoms with van der Waals surface area (Å²) in [4.78, 5) is 12.9. The molecule has 3 atom stereocenters. The fourth-order valence-corrected chi connectivity index (χ4v) is 2.86. The van der Waals surface area contributed by atoms with Crippen LogP contribution in [0.1, 0.15) is 67.6 Å². The zero-order valence-electron chi connectivity index (χ0n) is 16.2. The van der Waals surface area contributed by atoms with Gasteiger partial charge in [0.05, 0.1) is 18.8 Å². The third-order valence-corrected chi connectivity index (χ3v) is 4.93. The Labute approximate surface area is 146 Å². The molecule has 1 amide bonds. The first-order valence-corrected chi connectivity index (χ1v) is 8.92. The molecule has 0 heterocycles. The lowest BCUT2D eigenvalue weighted by atomic mass is 9.88. The molecular formula is C20H33NO3. The van der Waals surface area contributed by atoms with Gasteiger partial charge >= 0.3 is 0 Å². The van der Waals surface area contributed by atoms with Gasteiger partial charge in [0.1, 0.15) is 5.75 Å². The van der Waals surface area contributed by atoms with Crippen LogP contribution >= 0.6 is 0 Å². The molecule has 0 aliphatic carbocycles. The third kappa shape index (κ3) is 4.73. The van der Waals surface area contributed by atoms with E-state index in [9.17, 15) is 9.90 Å². The molecule has 1 aromatic carbocycles. The van der Waals surface area contributed by atoms with Gasteiger partial charge in [-0.25, -0.2) is 0 Å². The predicted molar refractivity (Wildman–Crippen MR) is 98.9 cm³/mol. The lowest BCUT2D eigenvalue weighted by Gasteiger charge is -2.23. The van der Waals surface area contributed by atoms with E-state index >= 15 is 0 Å². The van der Waals surface area contributed by atoms with Crippen molar-refractivity contribution < 1.29 is 14.6 Å². The summed E-state index contributed by atoms with van der Waals surface area (Å²) in [7, 11) is 1.59. The Hall–Kier alpha value is -1.55. The van der Waals surface area contributed by atoms with E-state index in [-0.39, 0.29) is 17.9 Å². The molecule has 1 aromatic rings. The molecule has 0 bridgehead atoms. The van der Waals surface area contributed by atoms with Crippen molar-refractivity contribution >= 4 is 5.91 Å².